The Morgan fingerprint density at radius 2 is 1.65 bits per heavy atom. The van der Waals surface area contributed by atoms with Gasteiger partial charge in [0, 0.05) is 44.2 Å². The molecule has 233 valence electrons. The van der Waals surface area contributed by atoms with Crippen LogP contribution in [0.5, 0.6) is 0 Å². The molecule has 0 amide bonds. The van der Waals surface area contributed by atoms with Crippen molar-refractivity contribution in [2.45, 2.75) is 40.4 Å². The molecule has 6 heteroatoms. The predicted octanol–water partition coefficient (Wildman–Crippen LogP) is 10.0. The number of rotatable bonds is 5. The second kappa shape index (κ2) is 14.3. The van der Waals surface area contributed by atoms with E-state index in [1.54, 1.807) is 36.5 Å². The molecule has 0 fully saturated rings. The van der Waals surface area contributed by atoms with Gasteiger partial charge in [-0.3, -0.25) is 0 Å². The van der Waals surface area contributed by atoms with Crippen molar-refractivity contribution >= 4 is 22.1 Å². The zero-order valence-electron chi connectivity index (χ0n) is 30.6. The minimum atomic E-state index is -2.36. The molecule has 4 heterocycles. The topological polar surface area (TPSA) is 51.8 Å². The predicted molar refractivity (Wildman–Crippen MR) is 179 cm³/mol. The van der Waals surface area contributed by atoms with E-state index < -0.39 is 24.5 Å². The van der Waals surface area contributed by atoms with E-state index in [1.165, 1.54) is 6.07 Å². The van der Waals surface area contributed by atoms with Crippen molar-refractivity contribution in [3.8, 4) is 22.5 Å². The third-order valence-electron chi connectivity index (χ3n) is 7.01. The number of aromatic nitrogens is 3. The average molecular weight is 789 g/mol. The molecule has 0 aliphatic carbocycles. The van der Waals surface area contributed by atoms with Crippen molar-refractivity contribution in [2.75, 3.05) is 0 Å². The van der Waals surface area contributed by atoms with Gasteiger partial charge in [-0.15, -0.1) is 54.1 Å². The van der Waals surface area contributed by atoms with Crippen LogP contribution in [0.4, 0.5) is 4.39 Å². The standard InChI is InChI=1S/C29H26FN2O.C11H8N.Ir/c1-18-8-13-23-22-6-5-7-24(27(22)33-28(23)32-18)26-15-21(25(30)17-31-26)14-19-9-11-20(12-10-19)16-29(2,3)4;1-2-6-10(7-3-1)11-8-4-5-9-12-11;/h5-6,8-13,15,17H,14,16H2,1-4H3;1-6,8-9H;/q2*-1;/i1D3,16D2;;. The molecule has 1 radical (unpaired) electrons. The molecule has 0 atom stereocenters. The first-order valence-electron chi connectivity index (χ1n) is 17.1. The molecule has 0 spiro atoms. The van der Waals surface area contributed by atoms with Gasteiger partial charge in [0.25, 0.3) is 0 Å². The SMILES string of the molecule is [2H]C([2H])([2H])c1ccc2c(n1)oc1c(-c3cc(Cc4ccc(C([2H])([2H])C(C)(C)C)cc4)c(F)cn3)[c-]ccc12.[Ir].[c-]1ccccc1-c1ccccn1. The third-order valence-corrected chi connectivity index (χ3v) is 7.01. The summed E-state index contributed by atoms with van der Waals surface area (Å²) >= 11 is 0. The third kappa shape index (κ3) is 7.82. The molecule has 46 heavy (non-hydrogen) atoms. The van der Waals surface area contributed by atoms with E-state index in [0.717, 1.165) is 28.4 Å². The van der Waals surface area contributed by atoms with Gasteiger partial charge in [0.1, 0.15) is 5.82 Å². The van der Waals surface area contributed by atoms with Crippen molar-refractivity contribution in [1.82, 2.24) is 15.0 Å². The maximum absolute atomic E-state index is 14.8. The largest absolute Gasteiger partial charge is 0.486 e. The molecule has 0 aliphatic heterocycles. The van der Waals surface area contributed by atoms with Crippen LogP contribution in [0.25, 0.3) is 44.6 Å². The molecule has 0 saturated carbocycles. The van der Waals surface area contributed by atoms with Crippen molar-refractivity contribution < 1.29 is 35.8 Å². The molecule has 7 aromatic rings. The number of fused-ring (bicyclic) bond motifs is 3. The molecule has 0 unspecified atom stereocenters. The average Bonchev–Trinajstić information content (AvgIpc) is 3.48. The van der Waals surface area contributed by atoms with E-state index in [9.17, 15) is 4.39 Å². The summed E-state index contributed by atoms with van der Waals surface area (Å²) in [4.78, 5) is 12.7. The number of furan rings is 1. The zero-order valence-corrected chi connectivity index (χ0v) is 28.0. The number of halogens is 1. The van der Waals surface area contributed by atoms with Crippen LogP contribution in [0.15, 0.2) is 114 Å². The van der Waals surface area contributed by atoms with Crippen LogP contribution in [0.1, 0.15) is 50.0 Å². The first kappa shape index (κ1) is 26.7. The fourth-order valence-corrected chi connectivity index (χ4v) is 5.00. The van der Waals surface area contributed by atoms with Crippen LogP contribution in [-0.2, 0) is 32.9 Å². The Bertz CT molecular complexity index is 2220. The molecular weight excluding hydrogens is 750 g/mol. The molecule has 0 aliphatic rings. The summed E-state index contributed by atoms with van der Waals surface area (Å²) in [5.74, 6) is -0.455. The first-order valence-corrected chi connectivity index (χ1v) is 14.6. The fraction of sp³-hybridized carbons (Fsp3) is 0.175. The quantitative estimate of drug-likeness (QED) is 0.163. The summed E-state index contributed by atoms with van der Waals surface area (Å²) in [7, 11) is 0. The minimum absolute atomic E-state index is 0. The van der Waals surface area contributed by atoms with Crippen LogP contribution in [0.3, 0.4) is 0 Å². The summed E-state index contributed by atoms with van der Waals surface area (Å²) in [6.45, 7) is 3.22. The monoisotopic (exact) mass is 789 g/mol. The number of benzene rings is 3. The van der Waals surface area contributed by atoms with Crippen LogP contribution in [-0.4, -0.2) is 15.0 Å². The maximum atomic E-state index is 14.8. The Hall–Kier alpha value is -4.51. The molecule has 0 saturated heterocycles. The minimum Gasteiger partial charge on any atom is -0.486 e. The number of hydrogen-bond acceptors (Lipinski definition) is 4. The van der Waals surface area contributed by atoms with Gasteiger partial charge in [-0.2, -0.15) is 0 Å². The van der Waals surface area contributed by atoms with Crippen molar-refractivity contribution in [1.29, 1.82) is 0 Å². The molecule has 0 N–H and O–H groups in total. The second-order valence-electron chi connectivity index (χ2n) is 11.6. The maximum Gasteiger partial charge on any atom is 0.216 e. The van der Waals surface area contributed by atoms with Crippen molar-refractivity contribution in [2.24, 2.45) is 5.41 Å². The van der Waals surface area contributed by atoms with Gasteiger partial charge in [-0.05, 0) is 71.3 Å². The smallest absolute Gasteiger partial charge is 0.216 e. The number of aryl methyl sites for hydroxylation is 1. The van der Waals surface area contributed by atoms with E-state index in [0.29, 0.717) is 39.8 Å². The number of hydrogen-bond donors (Lipinski definition) is 0. The van der Waals surface area contributed by atoms with E-state index in [-0.39, 0.29) is 31.5 Å². The van der Waals surface area contributed by atoms with Crippen molar-refractivity contribution in [3.05, 3.63) is 150 Å². The Balaban J connectivity index is 0.000000327. The van der Waals surface area contributed by atoms with Gasteiger partial charge in [0.2, 0.25) is 5.71 Å². The Morgan fingerprint density at radius 1 is 0.848 bits per heavy atom. The molecule has 7 rings (SSSR count). The Morgan fingerprint density at radius 3 is 2.37 bits per heavy atom. The number of nitrogens with zero attached hydrogens (tertiary/aromatic N) is 3. The van der Waals surface area contributed by atoms with Crippen molar-refractivity contribution in [3.63, 3.8) is 0 Å². The van der Waals surface area contributed by atoms with E-state index in [1.807, 2.05) is 81.4 Å². The Labute approximate surface area is 290 Å². The van der Waals surface area contributed by atoms with Gasteiger partial charge < -0.3 is 14.4 Å². The van der Waals surface area contributed by atoms with Gasteiger partial charge in [0.05, 0.1) is 11.8 Å². The molecule has 4 nitrogen and oxygen atoms in total. The molecular formula is C40H34FIrN3O-2. The van der Waals surface area contributed by atoms with E-state index in [2.05, 4.69) is 27.1 Å². The van der Waals surface area contributed by atoms with Crippen LogP contribution < -0.4 is 0 Å². The molecule has 3 aromatic carbocycles. The number of pyridine rings is 3. The van der Waals surface area contributed by atoms with Crippen LogP contribution in [0, 0.1) is 30.2 Å². The summed E-state index contributed by atoms with van der Waals surface area (Å²) in [6.07, 6.45) is 1.73. The Kier molecular flexibility index (Phi) is 8.28. The summed E-state index contributed by atoms with van der Waals surface area (Å²) in [6, 6.07) is 35.4. The van der Waals surface area contributed by atoms with Gasteiger partial charge in [-0.25, -0.2) is 9.37 Å². The molecule has 0 bridgehead atoms. The van der Waals surface area contributed by atoms with E-state index in [4.69, 9.17) is 11.3 Å². The van der Waals surface area contributed by atoms with E-state index >= 15 is 0 Å². The summed E-state index contributed by atoms with van der Waals surface area (Å²) in [5.41, 5.74) is 4.84. The second-order valence-corrected chi connectivity index (χ2v) is 11.6. The van der Waals surface area contributed by atoms with Gasteiger partial charge in [0.15, 0.2) is 0 Å². The zero-order chi connectivity index (χ0) is 35.7. The van der Waals surface area contributed by atoms with Crippen LogP contribution >= 0.6 is 0 Å². The summed E-state index contributed by atoms with van der Waals surface area (Å²) < 4.78 is 60.6. The fourth-order valence-electron chi connectivity index (χ4n) is 5.00. The van der Waals surface area contributed by atoms with Gasteiger partial charge in [-0.1, -0.05) is 74.2 Å². The van der Waals surface area contributed by atoms with Crippen LogP contribution in [0.2, 0.25) is 0 Å². The van der Waals surface area contributed by atoms with Gasteiger partial charge >= 0.3 is 0 Å². The normalized spacial score (nSPS) is 13.3. The first-order chi connectivity index (χ1) is 23.7. The molecule has 4 aromatic heterocycles. The summed E-state index contributed by atoms with van der Waals surface area (Å²) in [5, 5.41) is 1.40.